The first kappa shape index (κ1) is 15.1. The predicted octanol–water partition coefficient (Wildman–Crippen LogP) is 3.77. The van der Waals surface area contributed by atoms with E-state index in [2.05, 4.69) is 55.3 Å². The molecule has 0 amide bonds. The first-order chi connectivity index (χ1) is 10.2. The molecular weight excluding hydrogens is 256 g/mol. The van der Waals surface area contributed by atoms with Crippen LogP contribution in [-0.2, 0) is 6.42 Å². The van der Waals surface area contributed by atoms with E-state index in [4.69, 9.17) is 0 Å². The van der Waals surface area contributed by atoms with E-state index in [9.17, 15) is 0 Å². The molecule has 2 nitrogen and oxygen atoms in total. The topological polar surface area (TPSA) is 15.3 Å². The van der Waals surface area contributed by atoms with Crippen LogP contribution in [0.15, 0.2) is 24.3 Å². The summed E-state index contributed by atoms with van der Waals surface area (Å²) < 4.78 is 0. The fraction of sp³-hybridized carbons (Fsp3) is 0.684. The van der Waals surface area contributed by atoms with E-state index in [1.165, 1.54) is 32.2 Å². The van der Waals surface area contributed by atoms with E-state index < -0.39 is 0 Å². The standard InChI is InChI=1S/C19H30N2/c1-4-20-19-17-8-6-5-7-15(17)13-18(19)21(16-9-10-16)12-11-14(2)3/h5-8,14,16,18-20H,4,9-13H2,1-3H3. The third-order valence-electron chi connectivity index (χ3n) is 5.03. The molecule has 2 unspecified atom stereocenters. The summed E-state index contributed by atoms with van der Waals surface area (Å²) in [6, 6.07) is 11.1. The molecule has 0 saturated heterocycles. The van der Waals surface area contributed by atoms with Crippen molar-refractivity contribution in [1.29, 1.82) is 0 Å². The van der Waals surface area contributed by atoms with Crippen LogP contribution in [0.5, 0.6) is 0 Å². The fourth-order valence-corrected chi connectivity index (χ4v) is 3.78. The zero-order valence-corrected chi connectivity index (χ0v) is 13.8. The molecule has 0 aliphatic heterocycles. The lowest BCUT2D eigenvalue weighted by molar-refractivity contribution is 0.149. The quantitative estimate of drug-likeness (QED) is 0.821. The third-order valence-corrected chi connectivity index (χ3v) is 5.03. The molecule has 2 heteroatoms. The molecule has 0 aromatic heterocycles. The highest BCUT2D eigenvalue weighted by Gasteiger charge is 2.41. The van der Waals surface area contributed by atoms with E-state index in [1.807, 2.05) is 0 Å². The number of hydrogen-bond acceptors (Lipinski definition) is 2. The lowest BCUT2D eigenvalue weighted by atomic mass is 10.0. The average molecular weight is 286 g/mol. The van der Waals surface area contributed by atoms with Crippen LogP contribution in [0.25, 0.3) is 0 Å². The van der Waals surface area contributed by atoms with Gasteiger partial charge in [-0.3, -0.25) is 4.90 Å². The van der Waals surface area contributed by atoms with Crippen molar-refractivity contribution in [3.05, 3.63) is 35.4 Å². The Bertz CT molecular complexity index is 464. The van der Waals surface area contributed by atoms with E-state index in [-0.39, 0.29) is 0 Å². The lowest BCUT2D eigenvalue weighted by Crippen LogP contribution is -2.45. The van der Waals surface area contributed by atoms with Crippen LogP contribution in [0, 0.1) is 5.92 Å². The Morgan fingerprint density at radius 3 is 2.67 bits per heavy atom. The molecule has 116 valence electrons. The second kappa shape index (κ2) is 6.50. The van der Waals surface area contributed by atoms with Gasteiger partial charge < -0.3 is 5.32 Å². The minimum Gasteiger partial charge on any atom is -0.309 e. The maximum Gasteiger partial charge on any atom is 0.0484 e. The van der Waals surface area contributed by atoms with Gasteiger partial charge >= 0.3 is 0 Å². The number of rotatable bonds is 7. The van der Waals surface area contributed by atoms with E-state index >= 15 is 0 Å². The Balaban J connectivity index is 1.79. The lowest BCUT2D eigenvalue weighted by Gasteiger charge is -2.34. The maximum absolute atomic E-state index is 3.76. The van der Waals surface area contributed by atoms with Gasteiger partial charge in [0.25, 0.3) is 0 Å². The summed E-state index contributed by atoms with van der Waals surface area (Å²) in [5.74, 6) is 0.799. The smallest absolute Gasteiger partial charge is 0.0484 e. The van der Waals surface area contributed by atoms with Crippen molar-refractivity contribution in [3.8, 4) is 0 Å². The molecule has 2 aliphatic rings. The summed E-state index contributed by atoms with van der Waals surface area (Å²) in [6.45, 7) is 9.24. The Morgan fingerprint density at radius 2 is 2.00 bits per heavy atom. The highest BCUT2D eigenvalue weighted by molar-refractivity contribution is 5.37. The van der Waals surface area contributed by atoms with Crippen molar-refractivity contribution in [1.82, 2.24) is 10.2 Å². The summed E-state index contributed by atoms with van der Waals surface area (Å²) in [5, 5.41) is 3.76. The number of fused-ring (bicyclic) bond motifs is 1. The molecule has 1 fully saturated rings. The first-order valence-electron chi connectivity index (χ1n) is 8.77. The van der Waals surface area contributed by atoms with Crippen LogP contribution in [0.3, 0.4) is 0 Å². The normalized spacial score (nSPS) is 24.8. The average Bonchev–Trinajstić information content (AvgIpc) is 3.23. The molecule has 2 aliphatic carbocycles. The van der Waals surface area contributed by atoms with Gasteiger partial charge in [0.05, 0.1) is 0 Å². The molecule has 0 bridgehead atoms. The molecule has 1 aromatic rings. The van der Waals surface area contributed by atoms with Gasteiger partial charge in [-0.1, -0.05) is 45.0 Å². The van der Waals surface area contributed by atoms with Gasteiger partial charge in [0.15, 0.2) is 0 Å². The van der Waals surface area contributed by atoms with E-state index in [1.54, 1.807) is 11.1 Å². The zero-order valence-electron chi connectivity index (χ0n) is 13.8. The van der Waals surface area contributed by atoms with Crippen molar-refractivity contribution < 1.29 is 0 Å². The Kier molecular flexibility index (Phi) is 4.66. The van der Waals surface area contributed by atoms with Crippen LogP contribution in [-0.4, -0.2) is 30.1 Å². The van der Waals surface area contributed by atoms with Gasteiger partial charge in [-0.25, -0.2) is 0 Å². The molecule has 21 heavy (non-hydrogen) atoms. The summed E-state index contributed by atoms with van der Waals surface area (Å²) >= 11 is 0. The molecule has 1 N–H and O–H groups in total. The third kappa shape index (κ3) is 3.32. The molecule has 0 radical (unpaired) electrons. The van der Waals surface area contributed by atoms with E-state index in [0.29, 0.717) is 12.1 Å². The number of nitrogens with zero attached hydrogens (tertiary/aromatic N) is 1. The van der Waals surface area contributed by atoms with E-state index in [0.717, 1.165) is 18.5 Å². The summed E-state index contributed by atoms with van der Waals surface area (Å²) in [6.07, 6.45) is 5.36. The zero-order chi connectivity index (χ0) is 14.8. The van der Waals surface area contributed by atoms with Crippen molar-refractivity contribution in [2.45, 2.75) is 64.6 Å². The van der Waals surface area contributed by atoms with Crippen LogP contribution in [0.2, 0.25) is 0 Å². The predicted molar refractivity (Wildman–Crippen MR) is 89.5 cm³/mol. The van der Waals surface area contributed by atoms with Crippen molar-refractivity contribution in [2.24, 2.45) is 5.92 Å². The van der Waals surface area contributed by atoms with Crippen molar-refractivity contribution >= 4 is 0 Å². The van der Waals surface area contributed by atoms with Crippen LogP contribution < -0.4 is 5.32 Å². The van der Waals surface area contributed by atoms with Crippen LogP contribution >= 0.6 is 0 Å². The summed E-state index contributed by atoms with van der Waals surface area (Å²) in [4.78, 5) is 2.83. The first-order valence-corrected chi connectivity index (χ1v) is 8.77. The fourth-order valence-electron chi connectivity index (χ4n) is 3.78. The summed E-state index contributed by atoms with van der Waals surface area (Å²) in [7, 11) is 0. The van der Waals surface area contributed by atoms with Crippen LogP contribution in [0.1, 0.15) is 57.2 Å². The molecule has 1 aromatic carbocycles. The minimum atomic E-state index is 0.527. The highest BCUT2D eigenvalue weighted by Crippen LogP contribution is 2.39. The molecule has 3 rings (SSSR count). The number of likely N-dealkylation sites (N-methyl/N-ethyl adjacent to an activating group) is 1. The van der Waals surface area contributed by atoms with Gasteiger partial charge in [-0.05, 0) is 55.8 Å². The highest BCUT2D eigenvalue weighted by atomic mass is 15.2. The monoisotopic (exact) mass is 286 g/mol. The van der Waals surface area contributed by atoms with Gasteiger partial charge in [0.2, 0.25) is 0 Å². The molecular formula is C19H30N2. The number of hydrogen-bond donors (Lipinski definition) is 1. The second-order valence-corrected chi connectivity index (χ2v) is 7.16. The Hall–Kier alpha value is -0.860. The summed E-state index contributed by atoms with van der Waals surface area (Å²) in [5.41, 5.74) is 3.10. The van der Waals surface area contributed by atoms with Gasteiger partial charge in [-0.15, -0.1) is 0 Å². The Labute approximate surface area is 129 Å². The van der Waals surface area contributed by atoms with Crippen LogP contribution in [0.4, 0.5) is 0 Å². The molecule has 2 atom stereocenters. The number of nitrogens with one attached hydrogen (secondary N) is 1. The van der Waals surface area contributed by atoms with Gasteiger partial charge in [-0.2, -0.15) is 0 Å². The second-order valence-electron chi connectivity index (χ2n) is 7.16. The molecule has 1 saturated carbocycles. The largest absolute Gasteiger partial charge is 0.309 e. The maximum atomic E-state index is 3.76. The SMILES string of the molecule is CCNC1c2ccccc2CC1N(CCC(C)C)C1CC1. The molecule has 0 heterocycles. The van der Waals surface area contributed by atoms with Gasteiger partial charge in [0.1, 0.15) is 0 Å². The minimum absolute atomic E-state index is 0.527. The van der Waals surface area contributed by atoms with Gasteiger partial charge in [0, 0.05) is 18.1 Å². The van der Waals surface area contributed by atoms with Crippen molar-refractivity contribution in [2.75, 3.05) is 13.1 Å². The van der Waals surface area contributed by atoms with Crippen molar-refractivity contribution in [3.63, 3.8) is 0 Å². The Morgan fingerprint density at radius 1 is 1.24 bits per heavy atom. The number of benzene rings is 1. The molecule has 0 spiro atoms.